The number of amides is 1. The van der Waals surface area contributed by atoms with Crippen LogP contribution in [0.2, 0.25) is 0 Å². The molecule has 0 bridgehead atoms. The SMILES string of the molecule is O=C1NCc2ccccc2CC12CCCN2Cc1ccc(Br)cc1. The van der Waals surface area contributed by atoms with E-state index in [9.17, 15) is 4.79 Å². The lowest BCUT2D eigenvalue weighted by molar-refractivity contribution is -0.132. The zero-order valence-electron chi connectivity index (χ0n) is 13.6. The molecule has 2 aliphatic rings. The Labute approximate surface area is 151 Å². The van der Waals surface area contributed by atoms with E-state index in [2.05, 4.69) is 74.7 Å². The number of halogens is 1. The third-order valence-corrected chi connectivity index (χ3v) is 5.90. The van der Waals surface area contributed by atoms with Crippen molar-refractivity contribution in [2.24, 2.45) is 0 Å². The lowest BCUT2D eigenvalue weighted by atomic mass is 9.86. The molecule has 0 aliphatic carbocycles. The first kappa shape index (κ1) is 15.9. The second kappa shape index (κ2) is 6.34. The molecule has 2 heterocycles. The fourth-order valence-electron chi connectivity index (χ4n) is 4.07. The van der Waals surface area contributed by atoms with Gasteiger partial charge in [0.2, 0.25) is 5.91 Å². The molecular weight excluding hydrogens is 364 g/mol. The number of carbonyl (C=O) groups is 1. The summed E-state index contributed by atoms with van der Waals surface area (Å²) in [6, 6.07) is 16.8. The number of nitrogens with zero attached hydrogens (tertiary/aromatic N) is 1. The average molecular weight is 385 g/mol. The van der Waals surface area contributed by atoms with E-state index >= 15 is 0 Å². The summed E-state index contributed by atoms with van der Waals surface area (Å²) < 4.78 is 1.09. The Hall–Kier alpha value is -1.65. The molecule has 2 aliphatic heterocycles. The van der Waals surface area contributed by atoms with Gasteiger partial charge in [0.25, 0.3) is 0 Å². The number of carbonyl (C=O) groups excluding carboxylic acids is 1. The van der Waals surface area contributed by atoms with Crippen LogP contribution in [0.5, 0.6) is 0 Å². The number of benzene rings is 2. The number of nitrogens with one attached hydrogen (secondary N) is 1. The van der Waals surface area contributed by atoms with Crippen LogP contribution in [0.4, 0.5) is 0 Å². The molecule has 1 fully saturated rings. The van der Waals surface area contributed by atoms with Crippen molar-refractivity contribution in [1.29, 1.82) is 0 Å². The zero-order valence-corrected chi connectivity index (χ0v) is 15.2. The van der Waals surface area contributed by atoms with Gasteiger partial charge in [-0.15, -0.1) is 0 Å². The van der Waals surface area contributed by atoms with E-state index in [0.717, 1.165) is 36.8 Å². The van der Waals surface area contributed by atoms with E-state index in [4.69, 9.17) is 0 Å². The van der Waals surface area contributed by atoms with Crippen LogP contribution in [0, 0.1) is 0 Å². The van der Waals surface area contributed by atoms with Gasteiger partial charge >= 0.3 is 0 Å². The van der Waals surface area contributed by atoms with Crippen molar-refractivity contribution >= 4 is 21.8 Å². The predicted octanol–water partition coefficient (Wildman–Crippen LogP) is 3.66. The summed E-state index contributed by atoms with van der Waals surface area (Å²) >= 11 is 3.49. The zero-order chi connectivity index (χ0) is 16.6. The van der Waals surface area contributed by atoms with Gasteiger partial charge in [-0.25, -0.2) is 0 Å². The quantitative estimate of drug-likeness (QED) is 0.856. The fraction of sp³-hybridized carbons (Fsp3) is 0.350. The van der Waals surface area contributed by atoms with Gasteiger partial charge in [-0.1, -0.05) is 52.3 Å². The van der Waals surface area contributed by atoms with Crippen LogP contribution < -0.4 is 5.32 Å². The highest BCUT2D eigenvalue weighted by atomic mass is 79.9. The molecule has 1 unspecified atom stereocenters. The van der Waals surface area contributed by atoms with E-state index in [0.29, 0.717) is 6.54 Å². The van der Waals surface area contributed by atoms with Gasteiger partial charge in [0.15, 0.2) is 0 Å². The largest absolute Gasteiger partial charge is 0.350 e. The smallest absolute Gasteiger partial charge is 0.241 e. The van der Waals surface area contributed by atoms with E-state index in [-0.39, 0.29) is 5.91 Å². The second-order valence-corrected chi connectivity index (χ2v) is 7.73. The highest BCUT2D eigenvalue weighted by molar-refractivity contribution is 9.10. The molecule has 1 amide bonds. The van der Waals surface area contributed by atoms with Crippen LogP contribution in [0.1, 0.15) is 29.5 Å². The van der Waals surface area contributed by atoms with Crippen LogP contribution >= 0.6 is 15.9 Å². The monoisotopic (exact) mass is 384 g/mol. The van der Waals surface area contributed by atoms with Gasteiger partial charge in [-0.3, -0.25) is 9.69 Å². The molecular formula is C20H21BrN2O. The number of likely N-dealkylation sites (tertiary alicyclic amines) is 1. The number of rotatable bonds is 2. The minimum Gasteiger partial charge on any atom is -0.350 e. The van der Waals surface area contributed by atoms with Crippen molar-refractivity contribution in [2.45, 2.75) is 37.9 Å². The summed E-state index contributed by atoms with van der Waals surface area (Å²) in [6.07, 6.45) is 2.82. The molecule has 1 spiro atoms. The maximum atomic E-state index is 13.0. The third kappa shape index (κ3) is 2.78. The van der Waals surface area contributed by atoms with Crippen LogP contribution in [-0.4, -0.2) is 22.9 Å². The molecule has 2 aromatic rings. The highest BCUT2D eigenvalue weighted by Gasteiger charge is 2.48. The predicted molar refractivity (Wildman–Crippen MR) is 98.5 cm³/mol. The number of fused-ring (bicyclic) bond motifs is 1. The molecule has 1 N–H and O–H groups in total. The van der Waals surface area contributed by atoms with Crippen molar-refractivity contribution in [3.63, 3.8) is 0 Å². The molecule has 3 nitrogen and oxygen atoms in total. The van der Waals surface area contributed by atoms with Crippen LogP contribution in [0.3, 0.4) is 0 Å². The third-order valence-electron chi connectivity index (χ3n) is 5.37. The van der Waals surface area contributed by atoms with Gasteiger partial charge in [-0.2, -0.15) is 0 Å². The molecule has 1 atom stereocenters. The molecule has 4 rings (SSSR count). The molecule has 4 heteroatoms. The Morgan fingerprint density at radius 2 is 1.83 bits per heavy atom. The molecule has 0 radical (unpaired) electrons. The Morgan fingerprint density at radius 1 is 1.08 bits per heavy atom. The maximum absolute atomic E-state index is 13.0. The number of hydrogen-bond acceptors (Lipinski definition) is 2. The van der Waals surface area contributed by atoms with E-state index in [1.54, 1.807) is 0 Å². The topological polar surface area (TPSA) is 32.3 Å². The van der Waals surface area contributed by atoms with Gasteiger partial charge < -0.3 is 5.32 Å². The van der Waals surface area contributed by atoms with E-state index in [1.165, 1.54) is 16.7 Å². The van der Waals surface area contributed by atoms with Gasteiger partial charge in [-0.05, 0) is 48.2 Å². The molecule has 1 saturated heterocycles. The summed E-state index contributed by atoms with van der Waals surface area (Å²) in [6.45, 7) is 2.44. The van der Waals surface area contributed by atoms with Crippen LogP contribution in [-0.2, 0) is 24.3 Å². The minimum absolute atomic E-state index is 0.188. The van der Waals surface area contributed by atoms with E-state index in [1.807, 2.05) is 0 Å². The van der Waals surface area contributed by atoms with Crippen LogP contribution in [0.25, 0.3) is 0 Å². The highest BCUT2D eigenvalue weighted by Crippen LogP contribution is 2.36. The maximum Gasteiger partial charge on any atom is 0.241 e. The summed E-state index contributed by atoms with van der Waals surface area (Å²) in [5.74, 6) is 0.188. The lowest BCUT2D eigenvalue weighted by Crippen LogP contribution is -2.55. The lowest BCUT2D eigenvalue weighted by Gasteiger charge is -2.36. The standard InChI is InChI=1S/C20H21BrN2O/c21-18-8-6-15(7-9-18)14-23-11-3-10-20(23)12-16-4-1-2-5-17(16)13-22-19(20)24/h1-2,4-9H,3,10-14H2,(H,22,24). The molecule has 24 heavy (non-hydrogen) atoms. The van der Waals surface area contributed by atoms with Gasteiger partial charge in [0.1, 0.15) is 5.54 Å². The summed E-state index contributed by atoms with van der Waals surface area (Å²) in [7, 11) is 0. The minimum atomic E-state index is -0.403. The molecule has 0 saturated carbocycles. The Balaban J connectivity index is 1.66. The summed E-state index contributed by atoms with van der Waals surface area (Å²) in [4.78, 5) is 15.4. The first-order valence-corrected chi connectivity index (χ1v) is 9.31. The Kier molecular flexibility index (Phi) is 4.19. The van der Waals surface area contributed by atoms with Gasteiger partial charge in [0, 0.05) is 24.0 Å². The van der Waals surface area contributed by atoms with Crippen molar-refractivity contribution in [3.05, 3.63) is 69.7 Å². The molecule has 2 aromatic carbocycles. The summed E-state index contributed by atoms with van der Waals surface area (Å²) in [5.41, 5.74) is 3.40. The van der Waals surface area contributed by atoms with Gasteiger partial charge in [0.05, 0.1) is 0 Å². The molecule has 0 aromatic heterocycles. The fourth-order valence-corrected chi connectivity index (χ4v) is 4.33. The second-order valence-electron chi connectivity index (χ2n) is 6.81. The first-order chi connectivity index (χ1) is 11.7. The van der Waals surface area contributed by atoms with Crippen molar-refractivity contribution in [1.82, 2.24) is 10.2 Å². The Morgan fingerprint density at radius 3 is 2.62 bits per heavy atom. The van der Waals surface area contributed by atoms with Crippen molar-refractivity contribution in [2.75, 3.05) is 6.54 Å². The average Bonchev–Trinajstić information content (AvgIpc) is 2.92. The summed E-state index contributed by atoms with van der Waals surface area (Å²) in [5, 5.41) is 3.17. The first-order valence-electron chi connectivity index (χ1n) is 8.52. The Bertz CT molecular complexity index is 758. The van der Waals surface area contributed by atoms with Crippen molar-refractivity contribution in [3.8, 4) is 0 Å². The molecule has 124 valence electrons. The normalized spacial score (nSPS) is 23.8. The van der Waals surface area contributed by atoms with Crippen molar-refractivity contribution < 1.29 is 4.79 Å². The van der Waals surface area contributed by atoms with E-state index < -0.39 is 5.54 Å². The van der Waals surface area contributed by atoms with Crippen LogP contribution in [0.15, 0.2) is 53.0 Å². The number of hydrogen-bond donors (Lipinski definition) is 1.